The van der Waals surface area contributed by atoms with E-state index in [1.54, 1.807) is 23.1 Å². The SMILES string of the molecule is CC(C)N(C)c1nc(-c2ccccc2)nc2c1CN(C(=O)Nc1ccccc1F)CC2. The van der Waals surface area contributed by atoms with Crippen molar-refractivity contribution in [2.24, 2.45) is 0 Å². The summed E-state index contributed by atoms with van der Waals surface area (Å²) in [6.45, 7) is 5.07. The van der Waals surface area contributed by atoms with Gasteiger partial charge in [-0.15, -0.1) is 0 Å². The summed E-state index contributed by atoms with van der Waals surface area (Å²) in [5, 5.41) is 2.68. The number of hydrogen-bond donors (Lipinski definition) is 1. The Labute approximate surface area is 181 Å². The molecule has 0 aliphatic carbocycles. The third-order valence-electron chi connectivity index (χ3n) is 5.58. The first kappa shape index (κ1) is 20.8. The molecule has 0 atom stereocenters. The fourth-order valence-electron chi connectivity index (χ4n) is 3.58. The summed E-state index contributed by atoms with van der Waals surface area (Å²) in [4.78, 5) is 26.3. The van der Waals surface area contributed by atoms with E-state index in [2.05, 4.69) is 24.1 Å². The zero-order chi connectivity index (χ0) is 22.0. The summed E-state index contributed by atoms with van der Waals surface area (Å²) in [7, 11) is 2.00. The maximum atomic E-state index is 14.0. The van der Waals surface area contributed by atoms with Gasteiger partial charge in [0.25, 0.3) is 0 Å². The standard InChI is InChI=1S/C24H26FN5O/c1-16(2)29(3)23-18-15-30(24(31)27-21-12-8-7-11-19(21)25)14-13-20(18)26-22(28-23)17-9-5-4-6-10-17/h4-12,16H,13-15H2,1-3H3,(H,27,31). The van der Waals surface area contributed by atoms with Crippen LogP contribution in [0.1, 0.15) is 25.1 Å². The lowest BCUT2D eigenvalue weighted by atomic mass is 10.0. The predicted molar refractivity (Wildman–Crippen MR) is 121 cm³/mol. The third-order valence-corrected chi connectivity index (χ3v) is 5.58. The molecule has 4 rings (SSSR count). The van der Waals surface area contributed by atoms with Crippen LogP contribution in [0.15, 0.2) is 54.6 Å². The lowest BCUT2D eigenvalue weighted by molar-refractivity contribution is 0.205. The molecule has 0 saturated carbocycles. The normalized spacial score (nSPS) is 13.1. The topological polar surface area (TPSA) is 61.4 Å². The number of fused-ring (bicyclic) bond motifs is 1. The average molecular weight is 420 g/mol. The van der Waals surface area contributed by atoms with Crippen molar-refractivity contribution in [3.05, 3.63) is 71.7 Å². The van der Waals surface area contributed by atoms with Crippen molar-refractivity contribution in [3.8, 4) is 11.4 Å². The van der Waals surface area contributed by atoms with Gasteiger partial charge in [-0.05, 0) is 26.0 Å². The third kappa shape index (κ3) is 4.35. The minimum atomic E-state index is -0.454. The van der Waals surface area contributed by atoms with E-state index in [9.17, 15) is 9.18 Å². The van der Waals surface area contributed by atoms with Crippen molar-refractivity contribution in [1.29, 1.82) is 0 Å². The van der Waals surface area contributed by atoms with Gasteiger partial charge in [-0.3, -0.25) is 0 Å². The zero-order valence-electron chi connectivity index (χ0n) is 18.0. The van der Waals surface area contributed by atoms with Crippen LogP contribution in [0.3, 0.4) is 0 Å². The Morgan fingerprint density at radius 1 is 1.10 bits per heavy atom. The number of anilines is 2. The van der Waals surface area contributed by atoms with Crippen LogP contribution >= 0.6 is 0 Å². The fraction of sp³-hybridized carbons (Fsp3) is 0.292. The molecule has 0 radical (unpaired) electrons. The minimum Gasteiger partial charge on any atom is -0.357 e. The summed E-state index contributed by atoms with van der Waals surface area (Å²) >= 11 is 0. The van der Waals surface area contributed by atoms with Gasteiger partial charge in [0.2, 0.25) is 0 Å². The molecular formula is C24H26FN5O. The van der Waals surface area contributed by atoms with Crippen molar-refractivity contribution in [3.63, 3.8) is 0 Å². The van der Waals surface area contributed by atoms with Crippen LogP contribution < -0.4 is 10.2 Å². The number of urea groups is 1. The monoisotopic (exact) mass is 419 g/mol. The molecule has 1 N–H and O–H groups in total. The van der Waals surface area contributed by atoms with Gasteiger partial charge >= 0.3 is 6.03 Å². The number of carbonyl (C=O) groups is 1. The molecule has 7 heteroatoms. The molecule has 160 valence electrons. The molecule has 1 aromatic heterocycles. The number of nitrogens with zero attached hydrogens (tertiary/aromatic N) is 4. The molecule has 1 aliphatic heterocycles. The Hall–Kier alpha value is -3.48. The molecule has 1 aliphatic rings. The quantitative estimate of drug-likeness (QED) is 0.665. The van der Waals surface area contributed by atoms with Gasteiger partial charge in [-0.2, -0.15) is 0 Å². The fourth-order valence-corrected chi connectivity index (χ4v) is 3.58. The van der Waals surface area contributed by atoms with Crippen LogP contribution in [0.25, 0.3) is 11.4 Å². The zero-order valence-corrected chi connectivity index (χ0v) is 18.0. The number of rotatable bonds is 4. The van der Waals surface area contributed by atoms with Crippen LogP contribution in [0.2, 0.25) is 0 Å². The van der Waals surface area contributed by atoms with Crippen molar-refractivity contribution < 1.29 is 9.18 Å². The van der Waals surface area contributed by atoms with Crippen LogP contribution in [0, 0.1) is 5.82 Å². The first-order valence-electron chi connectivity index (χ1n) is 10.4. The largest absolute Gasteiger partial charge is 0.357 e. The number of aromatic nitrogens is 2. The molecule has 31 heavy (non-hydrogen) atoms. The lowest BCUT2D eigenvalue weighted by Gasteiger charge is -2.33. The second-order valence-corrected chi connectivity index (χ2v) is 7.95. The van der Waals surface area contributed by atoms with E-state index in [0.29, 0.717) is 25.3 Å². The van der Waals surface area contributed by atoms with Crippen molar-refractivity contribution >= 4 is 17.5 Å². The van der Waals surface area contributed by atoms with Gasteiger partial charge in [-0.1, -0.05) is 42.5 Å². The van der Waals surface area contributed by atoms with Gasteiger partial charge in [0, 0.05) is 37.2 Å². The number of hydrogen-bond acceptors (Lipinski definition) is 4. The van der Waals surface area contributed by atoms with E-state index < -0.39 is 5.82 Å². The van der Waals surface area contributed by atoms with Gasteiger partial charge in [0.15, 0.2) is 5.82 Å². The second-order valence-electron chi connectivity index (χ2n) is 7.95. The summed E-state index contributed by atoms with van der Waals surface area (Å²) in [5.41, 5.74) is 3.02. The van der Waals surface area contributed by atoms with Gasteiger partial charge in [-0.25, -0.2) is 19.2 Å². The van der Waals surface area contributed by atoms with E-state index in [1.807, 2.05) is 37.4 Å². The van der Waals surface area contributed by atoms with Gasteiger partial charge < -0.3 is 15.1 Å². The Balaban J connectivity index is 1.66. The van der Waals surface area contributed by atoms with Gasteiger partial charge in [0.1, 0.15) is 11.6 Å². The maximum absolute atomic E-state index is 14.0. The molecule has 6 nitrogen and oxygen atoms in total. The molecule has 0 fully saturated rings. The molecule has 2 aromatic carbocycles. The summed E-state index contributed by atoms with van der Waals surface area (Å²) in [6.07, 6.45) is 0.612. The minimum absolute atomic E-state index is 0.175. The Bertz CT molecular complexity index is 1090. The first-order chi connectivity index (χ1) is 14.9. The Morgan fingerprint density at radius 3 is 2.52 bits per heavy atom. The number of amides is 2. The highest BCUT2D eigenvalue weighted by Gasteiger charge is 2.28. The van der Waals surface area contributed by atoms with E-state index in [0.717, 1.165) is 22.6 Å². The molecule has 2 amide bonds. The van der Waals surface area contributed by atoms with Crippen LogP contribution in [-0.2, 0) is 13.0 Å². The molecule has 0 spiro atoms. The maximum Gasteiger partial charge on any atom is 0.322 e. The molecule has 0 unspecified atom stereocenters. The Kier molecular flexibility index (Phi) is 5.84. The van der Waals surface area contributed by atoms with Crippen LogP contribution in [0.5, 0.6) is 0 Å². The van der Waals surface area contributed by atoms with E-state index in [4.69, 9.17) is 9.97 Å². The van der Waals surface area contributed by atoms with E-state index >= 15 is 0 Å². The number of nitrogens with one attached hydrogen (secondary N) is 1. The number of benzene rings is 2. The molecular weight excluding hydrogens is 393 g/mol. The number of carbonyl (C=O) groups excluding carboxylic acids is 1. The number of para-hydroxylation sites is 1. The predicted octanol–water partition coefficient (Wildman–Crippen LogP) is 4.72. The lowest BCUT2D eigenvalue weighted by Crippen LogP contribution is -2.41. The number of halogens is 1. The van der Waals surface area contributed by atoms with Crippen molar-refractivity contribution in [1.82, 2.24) is 14.9 Å². The summed E-state index contributed by atoms with van der Waals surface area (Å²) in [6, 6.07) is 16.0. The molecule has 0 saturated heterocycles. The highest BCUT2D eigenvalue weighted by Crippen LogP contribution is 2.30. The average Bonchev–Trinajstić information content (AvgIpc) is 2.79. The molecule has 0 bridgehead atoms. The second kappa shape index (κ2) is 8.71. The molecule has 2 heterocycles. The van der Waals surface area contributed by atoms with Crippen molar-refractivity contribution in [2.45, 2.75) is 32.9 Å². The van der Waals surface area contributed by atoms with E-state index in [-0.39, 0.29) is 17.8 Å². The summed E-state index contributed by atoms with van der Waals surface area (Å²) in [5.74, 6) is 1.05. The van der Waals surface area contributed by atoms with Gasteiger partial charge in [0.05, 0.1) is 17.9 Å². The highest BCUT2D eigenvalue weighted by atomic mass is 19.1. The van der Waals surface area contributed by atoms with E-state index in [1.165, 1.54) is 6.07 Å². The Morgan fingerprint density at radius 2 is 1.81 bits per heavy atom. The smallest absolute Gasteiger partial charge is 0.322 e. The van der Waals surface area contributed by atoms with Crippen LogP contribution in [0.4, 0.5) is 20.7 Å². The highest BCUT2D eigenvalue weighted by molar-refractivity contribution is 5.89. The van der Waals surface area contributed by atoms with Crippen LogP contribution in [-0.4, -0.2) is 40.5 Å². The summed E-state index contributed by atoms with van der Waals surface area (Å²) < 4.78 is 14.0. The first-order valence-corrected chi connectivity index (χ1v) is 10.4. The van der Waals surface area contributed by atoms with Crippen molar-refractivity contribution in [2.75, 3.05) is 23.8 Å². The molecule has 3 aromatic rings.